The molecule has 0 radical (unpaired) electrons. The molecular formula is C14H22O2. The van der Waals surface area contributed by atoms with Gasteiger partial charge in [-0.05, 0) is 37.8 Å². The van der Waals surface area contributed by atoms with Crippen LogP contribution in [0.25, 0.3) is 0 Å². The molecule has 0 spiro atoms. The van der Waals surface area contributed by atoms with E-state index < -0.39 is 0 Å². The lowest BCUT2D eigenvalue weighted by Crippen LogP contribution is -2.10. The molecule has 0 amide bonds. The van der Waals surface area contributed by atoms with Crippen LogP contribution in [0.15, 0.2) is 24.3 Å². The van der Waals surface area contributed by atoms with Gasteiger partial charge in [0.25, 0.3) is 0 Å². The molecule has 0 aromatic heterocycles. The van der Waals surface area contributed by atoms with Gasteiger partial charge in [0.1, 0.15) is 0 Å². The maximum absolute atomic E-state index is 5.27. The monoisotopic (exact) mass is 222 g/mol. The summed E-state index contributed by atoms with van der Waals surface area (Å²) in [6, 6.07) is 8.65. The predicted octanol–water partition coefficient (Wildman–Crippen LogP) is 2.84. The molecule has 1 rings (SSSR count). The first-order chi connectivity index (χ1) is 7.65. The smallest absolute Gasteiger partial charge is 0.0583 e. The summed E-state index contributed by atoms with van der Waals surface area (Å²) in [5.41, 5.74) is 2.66. The Bertz CT molecular complexity index is 282. The molecule has 0 saturated carbocycles. The second-order valence-corrected chi connectivity index (χ2v) is 4.32. The summed E-state index contributed by atoms with van der Waals surface area (Å²) in [5.74, 6) is 0. The number of hydrogen-bond acceptors (Lipinski definition) is 2. The van der Waals surface area contributed by atoms with Gasteiger partial charge in [-0.25, -0.2) is 0 Å². The van der Waals surface area contributed by atoms with Crippen LogP contribution in [-0.4, -0.2) is 26.4 Å². The lowest BCUT2D eigenvalue weighted by Gasteiger charge is -2.12. The fourth-order valence-corrected chi connectivity index (χ4v) is 1.71. The van der Waals surface area contributed by atoms with Gasteiger partial charge in [-0.3, -0.25) is 0 Å². The van der Waals surface area contributed by atoms with E-state index in [2.05, 4.69) is 38.1 Å². The van der Waals surface area contributed by atoms with E-state index in [0.717, 1.165) is 12.8 Å². The molecule has 0 fully saturated rings. The molecule has 0 N–H and O–H groups in total. The van der Waals surface area contributed by atoms with Gasteiger partial charge in [-0.1, -0.05) is 24.3 Å². The maximum atomic E-state index is 5.27. The van der Waals surface area contributed by atoms with Crippen molar-refractivity contribution in [3.05, 3.63) is 35.4 Å². The molecule has 2 atom stereocenters. The van der Waals surface area contributed by atoms with Crippen molar-refractivity contribution in [3.63, 3.8) is 0 Å². The molecule has 0 heterocycles. The highest BCUT2D eigenvalue weighted by Crippen LogP contribution is 2.11. The predicted molar refractivity (Wildman–Crippen MR) is 66.8 cm³/mol. The lowest BCUT2D eigenvalue weighted by atomic mass is 10.0. The van der Waals surface area contributed by atoms with Gasteiger partial charge in [0.15, 0.2) is 0 Å². The van der Waals surface area contributed by atoms with Crippen molar-refractivity contribution < 1.29 is 9.47 Å². The first-order valence-electron chi connectivity index (χ1n) is 5.79. The zero-order chi connectivity index (χ0) is 12.0. The average molecular weight is 222 g/mol. The Balaban J connectivity index is 2.63. The minimum Gasteiger partial charge on any atom is -0.381 e. The van der Waals surface area contributed by atoms with Crippen molar-refractivity contribution in [2.45, 2.75) is 38.9 Å². The SMILES string of the molecule is COC(C)Cc1cccc(CC(C)OC)c1. The number of rotatable bonds is 6. The molecule has 2 nitrogen and oxygen atoms in total. The summed E-state index contributed by atoms with van der Waals surface area (Å²) in [6.07, 6.45) is 2.47. The van der Waals surface area contributed by atoms with Gasteiger partial charge in [0.2, 0.25) is 0 Å². The zero-order valence-electron chi connectivity index (χ0n) is 10.7. The second kappa shape index (κ2) is 6.66. The van der Waals surface area contributed by atoms with Crippen molar-refractivity contribution in [2.24, 2.45) is 0 Å². The highest BCUT2D eigenvalue weighted by molar-refractivity contribution is 5.24. The van der Waals surface area contributed by atoms with E-state index in [9.17, 15) is 0 Å². The molecule has 90 valence electrons. The third-order valence-electron chi connectivity index (χ3n) is 2.84. The Labute approximate surface area is 98.6 Å². The van der Waals surface area contributed by atoms with E-state index in [1.54, 1.807) is 14.2 Å². The number of hydrogen-bond donors (Lipinski definition) is 0. The molecule has 2 heteroatoms. The van der Waals surface area contributed by atoms with Crippen molar-refractivity contribution in [3.8, 4) is 0 Å². The molecule has 0 aliphatic carbocycles. The van der Waals surface area contributed by atoms with Gasteiger partial charge in [-0.15, -0.1) is 0 Å². The first-order valence-corrected chi connectivity index (χ1v) is 5.79. The largest absolute Gasteiger partial charge is 0.381 e. The average Bonchev–Trinajstić information content (AvgIpc) is 2.29. The summed E-state index contributed by atoms with van der Waals surface area (Å²) in [4.78, 5) is 0. The normalized spacial score (nSPS) is 14.8. The summed E-state index contributed by atoms with van der Waals surface area (Å²) < 4.78 is 10.5. The molecule has 0 bridgehead atoms. The van der Waals surface area contributed by atoms with Gasteiger partial charge in [-0.2, -0.15) is 0 Å². The van der Waals surface area contributed by atoms with Crippen LogP contribution in [0.5, 0.6) is 0 Å². The van der Waals surface area contributed by atoms with Crippen LogP contribution >= 0.6 is 0 Å². The minimum atomic E-state index is 0.273. The van der Waals surface area contributed by atoms with E-state index in [4.69, 9.17) is 9.47 Å². The summed E-state index contributed by atoms with van der Waals surface area (Å²) in [6.45, 7) is 4.18. The van der Waals surface area contributed by atoms with E-state index in [-0.39, 0.29) is 12.2 Å². The molecule has 0 aliphatic rings. The van der Waals surface area contributed by atoms with Crippen molar-refractivity contribution in [2.75, 3.05) is 14.2 Å². The molecule has 16 heavy (non-hydrogen) atoms. The molecule has 0 saturated heterocycles. The fraction of sp³-hybridized carbons (Fsp3) is 0.571. The van der Waals surface area contributed by atoms with E-state index in [1.165, 1.54) is 11.1 Å². The molecule has 1 aromatic rings. The van der Waals surface area contributed by atoms with Crippen LogP contribution in [0.1, 0.15) is 25.0 Å². The van der Waals surface area contributed by atoms with Gasteiger partial charge in [0, 0.05) is 14.2 Å². The summed E-state index contributed by atoms with van der Waals surface area (Å²) in [7, 11) is 3.50. The quantitative estimate of drug-likeness (QED) is 0.737. The van der Waals surface area contributed by atoms with Crippen molar-refractivity contribution >= 4 is 0 Å². The van der Waals surface area contributed by atoms with Crippen molar-refractivity contribution in [1.29, 1.82) is 0 Å². The molecule has 2 unspecified atom stereocenters. The molecule has 1 aromatic carbocycles. The van der Waals surface area contributed by atoms with E-state index in [1.807, 2.05) is 0 Å². The fourth-order valence-electron chi connectivity index (χ4n) is 1.71. The highest BCUT2D eigenvalue weighted by Gasteiger charge is 2.05. The lowest BCUT2D eigenvalue weighted by molar-refractivity contribution is 0.117. The topological polar surface area (TPSA) is 18.5 Å². The number of methoxy groups -OCH3 is 2. The standard InChI is InChI=1S/C14H22O2/c1-11(15-3)8-13-6-5-7-14(10-13)9-12(2)16-4/h5-7,10-12H,8-9H2,1-4H3. The van der Waals surface area contributed by atoms with Crippen LogP contribution in [-0.2, 0) is 22.3 Å². The maximum Gasteiger partial charge on any atom is 0.0583 e. The Morgan fingerprint density at radius 1 is 0.938 bits per heavy atom. The van der Waals surface area contributed by atoms with Gasteiger partial charge < -0.3 is 9.47 Å². The summed E-state index contributed by atoms with van der Waals surface area (Å²) in [5, 5.41) is 0. The zero-order valence-corrected chi connectivity index (χ0v) is 10.7. The first kappa shape index (κ1) is 13.2. The third-order valence-corrected chi connectivity index (χ3v) is 2.84. The van der Waals surface area contributed by atoms with Crippen LogP contribution in [0.3, 0.4) is 0 Å². The van der Waals surface area contributed by atoms with Crippen LogP contribution < -0.4 is 0 Å². The van der Waals surface area contributed by atoms with Gasteiger partial charge in [0.05, 0.1) is 12.2 Å². The Morgan fingerprint density at radius 2 is 1.38 bits per heavy atom. The summed E-state index contributed by atoms with van der Waals surface area (Å²) >= 11 is 0. The van der Waals surface area contributed by atoms with Crippen LogP contribution in [0.2, 0.25) is 0 Å². The van der Waals surface area contributed by atoms with Crippen LogP contribution in [0, 0.1) is 0 Å². The van der Waals surface area contributed by atoms with E-state index >= 15 is 0 Å². The molecular weight excluding hydrogens is 200 g/mol. The number of benzene rings is 1. The Hall–Kier alpha value is -0.860. The van der Waals surface area contributed by atoms with Crippen molar-refractivity contribution in [1.82, 2.24) is 0 Å². The number of ether oxygens (including phenoxy) is 2. The minimum absolute atomic E-state index is 0.273. The van der Waals surface area contributed by atoms with E-state index in [0.29, 0.717) is 0 Å². The van der Waals surface area contributed by atoms with Gasteiger partial charge >= 0.3 is 0 Å². The Kier molecular flexibility index (Phi) is 5.50. The highest BCUT2D eigenvalue weighted by atomic mass is 16.5. The Morgan fingerprint density at radius 3 is 1.75 bits per heavy atom. The second-order valence-electron chi connectivity index (χ2n) is 4.32. The van der Waals surface area contributed by atoms with Crippen LogP contribution in [0.4, 0.5) is 0 Å². The third kappa shape index (κ3) is 4.33. The molecule has 0 aliphatic heterocycles.